The molecule has 8 heteroatoms. The number of amides is 1. The highest BCUT2D eigenvalue weighted by Crippen LogP contribution is 2.42. The van der Waals surface area contributed by atoms with Gasteiger partial charge in [-0.2, -0.15) is 0 Å². The lowest BCUT2D eigenvalue weighted by atomic mass is 9.97. The number of hydroxylamine groups is 2. The third-order valence-corrected chi connectivity index (χ3v) is 16.9. The predicted molar refractivity (Wildman–Crippen MR) is 149 cm³/mol. The van der Waals surface area contributed by atoms with Crippen molar-refractivity contribution in [3.8, 4) is 11.5 Å². The van der Waals surface area contributed by atoms with Gasteiger partial charge < -0.3 is 8.85 Å². The average Bonchev–Trinajstić information content (AvgIpc) is 2.55. The Morgan fingerprint density at radius 1 is 0.879 bits per heavy atom. The van der Waals surface area contributed by atoms with Crippen molar-refractivity contribution in [3.63, 3.8) is 0 Å². The maximum Gasteiger partial charge on any atom is 0.248 e. The molecule has 0 heterocycles. The summed E-state index contributed by atoms with van der Waals surface area (Å²) in [5, 5.41) is 1.36. The smallest absolute Gasteiger partial charge is 0.248 e. The highest BCUT2D eigenvalue weighted by Gasteiger charge is 2.45. The van der Waals surface area contributed by atoms with E-state index in [4.69, 9.17) is 13.7 Å². The largest absolute Gasteiger partial charge is 0.413 e. The van der Waals surface area contributed by atoms with Crippen LogP contribution in [0.25, 0.3) is 0 Å². The van der Waals surface area contributed by atoms with E-state index in [0.717, 1.165) is 0 Å². The Morgan fingerprint density at radius 3 is 1.70 bits per heavy atom. The second-order valence-electron chi connectivity index (χ2n) is 13.6. The average molecular weight is 516 g/mol. The highest BCUT2D eigenvalue weighted by atomic mass is 28.4. The Balaban J connectivity index is 6.37. The minimum absolute atomic E-state index is 0.0299. The van der Waals surface area contributed by atoms with Gasteiger partial charge in [0.25, 0.3) is 0 Å². The van der Waals surface area contributed by atoms with Gasteiger partial charge in [-0.3, -0.25) is 9.63 Å². The second-order valence-corrected chi connectivity index (χ2v) is 27.8. The van der Waals surface area contributed by atoms with Crippen LogP contribution in [0, 0.1) is 11.5 Å². The fraction of sp³-hybridized carbons (Fsp3) is 0.880. The molecule has 0 aromatic heterocycles. The Hall–Kier alpha value is -0.439. The first-order valence-electron chi connectivity index (χ1n) is 12.1. The number of rotatable bonds is 9. The second kappa shape index (κ2) is 11.1. The Labute approximate surface area is 208 Å². The lowest BCUT2D eigenvalue weighted by molar-refractivity contribution is -0.170. The van der Waals surface area contributed by atoms with E-state index in [0.29, 0.717) is 6.42 Å². The first-order valence-corrected chi connectivity index (χ1v) is 21.4. The van der Waals surface area contributed by atoms with Gasteiger partial charge in [0.05, 0.1) is 19.6 Å². The van der Waals surface area contributed by atoms with Crippen molar-refractivity contribution in [2.24, 2.45) is 0 Å². The topological polar surface area (TPSA) is 48.0 Å². The van der Waals surface area contributed by atoms with Crippen molar-refractivity contribution < 1.29 is 18.5 Å². The molecule has 0 aliphatic rings. The van der Waals surface area contributed by atoms with Gasteiger partial charge in [0, 0.05) is 13.5 Å². The molecule has 0 aromatic carbocycles. The molecule has 33 heavy (non-hydrogen) atoms. The summed E-state index contributed by atoms with van der Waals surface area (Å²) in [5.41, 5.74) is 2.85. The lowest BCUT2D eigenvalue weighted by Gasteiger charge is -2.45. The Bertz CT molecular complexity index is 721. The number of nitrogens with zero attached hydrogens (tertiary/aromatic N) is 1. The summed E-state index contributed by atoms with van der Waals surface area (Å²) in [6, 6.07) is 0. The number of hydrogen-bond donors (Lipinski definition) is 0. The maximum absolute atomic E-state index is 12.8. The van der Waals surface area contributed by atoms with Crippen molar-refractivity contribution in [1.29, 1.82) is 0 Å². The maximum atomic E-state index is 12.8. The van der Waals surface area contributed by atoms with Crippen LogP contribution in [0.3, 0.4) is 0 Å². The molecular formula is C25H53NO4Si3. The molecule has 0 unspecified atom stereocenters. The molecule has 0 saturated carbocycles. The molecule has 0 rings (SSSR count). The highest BCUT2D eigenvalue weighted by molar-refractivity contribution is 6.83. The zero-order chi connectivity index (χ0) is 26.7. The number of carbonyl (C=O) groups excluding carboxylic acids is 1. The monoisotopic (exact) mass is 515 g/mol. The molecule has 0 aromatic rings. The molecule has 0 spiro atoms. The van der Waals surface area contributed by atoms with Crippen molar-refractivity contribution in [3.05, 3.63) is 0 Å². The van der Waals surface area contributed by atoms with Gasteiger partial charge in [0.2, 0.25) is 5.91 Å². The molecule has 194 valence electrons. The van der Waals surface area contributed by atoms with Gasteiger partial charge in [0.15, 0.2) is 16.6 Å². The van der Waals surface area contributed by atoms with Crippen LogP contribution in [-0.4, -0.2) is 61.5 Å². The minimum Gasteiger partial charge on any atom is -0.413 e. The summed E-state index contributed by atoms with van der Waals surface area (Å²) in [6.45, 7) is 31.2. The lowest BCUT2D eigenvalue weighted by Crippen LogP contribution is -2.51. The Morgan fingerprint density at radius 2 is 1.33 bits per heavy atom. The van der Waals surface area contributed by atoms with Crippen LogP contribution >= 0.6 is 0 Å². The molecule has 2 atom stereocenters. The molecule has 0 aliphatic carbocycles. The number of carbonyl (C=O) groups is 1. The summed E-state index contributed by atoms with van der Waals surface area (Å²) >= 11 is 0. The molecule has 1 amide bonds. The molecule has 0 bridgehead atoms. The van der Waals surface area contributed by atoms with Crippen LogP contribution < -0.4 is 0 Å². The van der Waals surface area contributed by atoms with Crippen LogP contribution in [0.15, 0.2) is 0 Å². The van der Waals surface area contributed by atoms with Gasteiger partial charge in [0.1, 0.15) is 13.7 Å². The van der Waals surface area contributed by atoms with Gasteiger partial charge >= 0.3 is 0 Å². The zero-order valence-corrected chi connectivity index (χ0v) is 27.6. The zero-order valence-electron chi connectivity index (χ0n) is 24.6. The van der Waals surface area contributed by atoms with Crippen LogP contribution in [0.1, 0.15) is 61.3 Å². The summed E-state index contributed by atoms with van der Waals surface area (Å²) in [4.78, 5) is 18.0. The first-order chi connectivity index (χ1) is 14.4. The van der Waals surface area contributed by atoms with Gasteiger partial charge in [-0.25, -0.2) is 5.06 Å². The van der Waals surface area contributed by atoms with Crippen LogP contribution in [0.5, 0.6) is 0 Å². The fourth-order valence-corrected chi connectivity index (χ4v) is 6.32. The predicted octanol–water partition coefficient (Wildman–Crippen LogP) is 6.84. The first kappa shape index (κ1) is 32.6. The molecule has 0 fully saturated rings. The van der Waals surface area contributed by atoms with E-state index >= 15 is 0 Å². The van der Waals surface area contributed by atoms with Crippen LogP contribution in [0.2, 0.25) is 55.9 Å². The Kier molecular flexibility index (Phi) is 10.9. The molecule has 5 nitrogen and oxygen atoms in total. The fourth-order valence-electron chi connectivity index (χ4n) is 2.76. The SMILES string of the molecule is CON(C)C(=O)C[C@H](C[C@](C)(C#C[Si](C)(C)C)O[Si](C)(C)C(C)(C)C)O[Si](C)(C)C(C)(C)C. The minimum atomic E-state index is -2.13. The van der Waals surface area contributed by atoms with Gasteiger partial charge in [-0.1, -0.05) is 67.1 Å². The third kappa shape index (κ3) is 10.8. The van der Waals surface area contributed by atoms with Crippen LogP contribution in [0.4, 0.5) is 0 Å². The van der Waals surface area contributed by atoms with E-state index in [2.05, 4.69) is 106 Å². The molecule has 0 N–H and O–H groups in total. The molecule has 0 aliphatic heterocycles. The van der Waals surface area contributed by atoms with E-state index in [-0.39, 0.29) is 28.5 Å². The van der Waals surface area contributed by atoms with E-state index in [1.807, 2.05) is 0 Å². The summed E-state index contributed by atoms with van der Waals surface area (Å²) in [7, 11) is -2.73. The normalized spacial score (nSPS) is 16.5. The number of hydrogen-bond acceptors (Lipinski definition) is 4. The standard InChI is InChI=1S/C25H53NO4Si3/c1-23(2,3)32(13,14)29-21(19-22(27)26(8)28-9)20-25(7,17-18-31(10,11)12)30-33(15,16)24(4,5)6/h21H,19-20H2,1-16H3/t21-,25+/m1/s1. The van der Waals surface area contributed by atoms with Gasteiger partial charge in [-0.15, -0.1) is 5.54 Å². The summed E-state index contributed by atoms with van der Waals surface area (Å²) in [6.07, 6.45) is 0.482. The van der Waals surface area contributed by atoms with E-state index in [1.54, 1.807) is 7.05 Å². The van der Waals surface area contributed by atoms with Crippen molar-refractivity contribution in [1.82, 2.24) is 5.06 Å². The van der Waals surface area contributed by atoms with Crippen molar-refractivity contribution >= 4 is 30.6 Å². The molecule has 0 radical (unpaired) electrons. The van der Waals surface area contributed by atoms with Gasteiger partial charge in [-0.05, 0) is 43.2 Å². The quantitative estimate of drug-likeness (QED) is 0.192. The summed E-state index contributed by atoms with van der Waals surface area (Å²) in [5.74, 6) is 3.44. The van der Waals surface area contributed by atoms with E-state index < -0.39 is 30.3 Å². The third-order valence-electron chi connectivity index (χ3n) is 6.90. The molecular weight excluding hydrogens is 463 g/mol. The van der Waals surface area contributed by atoms with Crippen LogP contribution in [-0.2, 0) is 18.5 Å². The molecule has 0 saturated heterocycles. The van der Waals surface area contributed by atoms with E-state index in [1.165, 1.54) is 12.2 Å². The summed E-state index contributed by atoms with van der Waals surface area (Å²) < 4.78 is 13.8. The van der Waals surface area contributed by atoms with Crippen molar-refractivity contribution in [2.45, 2.75) is 129 Å². The van der Waals surface area contributed by atoms with E-state index in [9.17, 15) is 4.79 Å². The van der Waals surface area contributed by atoms with Crippen molar-refractivity contribution in [2.75, 3.05) is 14.2 Å².